The lowest BCUT2D eigenvalue weighted by atomic mass is 10.1. The number of anilines is 1. The minimum absolute atomic E-state index is 0.000186. The number of hydrogen-bond acceptors (Lipinski definition) is 4. The molecule has 2 aromatic rings. The van der Waals surface area contributed by atoms with E-state index in [1.165, 1.54) is 0 Å². The van der Waals surface area contributed by atoms with Gasteiger partial charge in [0.25, 0.3) is 0 Å². The van der Waals surface area contributed by atoms with E-state index in [1.54, 1.807) is 26.2 Å². The van der Waals surface area contributed by atoms with Gasteiger partial charge >= 0.3 is 6.03 Å². The third-order valence-corrected chi connectivity index (χ3v) is 4.37. The van der Waals surface area contributed by atoms with Gasteiger partial charge in [-0.25, -0.2) is 4.79 Å². The summed E-state index contributed by atoms with van der Waals surface area (Å²) >= 11 is 0. The Morgan fingerprint density at radius 1 is 1.04 bits per heavy atom. The lowest BCUT2D eigenvalue weighted by Gasteiger charge is -2.26. The van der Waals surface area contributed by atoms with E-state index in [2.05, 4.69) is 16.0 Å². The van der Waals surface area contributed by atoms with Crippen LogP contribution >= 0.6 is 0 Å². The van der Waals surface area contributed by atoms with Crippen LogP contribution in [-0.2, 0) is 4.79 Å². The van der Waals surface area contributed by atoms with Gasteiger partial charge in [-0.15, -0.1) is 0 Å². The Kier molecular flexibility index (Phi) is 7.83. The Balaban J connectivity index is 1.87. The Morgan fingerprint density at radius 3 is 2.25 bits per heavy atom. The molecule has 28 heavy (non-hydrogen) atoms. The van der Waals surface area contributed by atoms with Crippen molar-refractivity contribution in [1.82, 2.24) is 15.5 Å². The molecule has 7 nitrogen and oxygen atoms in total. The highest BCUT2D eigenvalue weighted by Crippen LogP contribution is 2.20. The number of nitrogens with zero attached hydrogens (tertiary/aromatic N) is 1. The van der Waals surface area contributed by atoms with Crippen LogP contribution in [0.15, 0.2) is 54.6 Å². The third kappa shape index (κ3) is 6.28. The Labute approximate surface area is 166 Å². The molecule has 0 aromatic heterocycles. The smallest absolute Gasteiger partial charge is 0.319 e. The fourth-order valence-corrected chi connectivity index (χ4v) is 2.73. The van der Waals surface area contributed by atoms with Crippen LogP contribution in [0.3, 0.4) is 0 Å². The fraction of sp³-hybridized carbons (Fsp3) is 0.333. The molecule has 0 aliphatic rings. The first-order valence-corrected chi connectivity index (χ1v) is 9.11. The van der Waals surface area contributed by atoms with Crippen molar-refractivity contribution in [2.45, 2.75) is 19.0 Å². The van der Waals surface area contributed by atoms with Crippen molar-refractivity contribution in [1.29, 1.82) is 0 Å². The Morgan fingerprint density at radius 2 is 1.68 bits per heavy atom. The zero-order chi connectivity index (χ0) is 20.5. The SMILES string of the molecule is COc1ccc([C@@H](CNC(=O)[C@@H](C)NC(=O)Nc2ccccc2)N(C)C)cc1. The van der Waals surface area contributed by atoms with E-state index in [1.807, 2.05) is 61.5 Å². The molecule has 0 spiro atoms. The van der Waals surface area contributed by atoms with Crippen LogP contribution in [0.2, 0.25) is 0 Å². The highest BCUT2D eigenvalue weighted by atomic mass is 16.5. The van der Waals surface area contributed by atoms with E-state index >= 15 is 0 Å². The number of carbonyl (C=O) groups is 2. The maximum Gasteiger partial charge on any atom is 0.319 e. The molecule has 2 aromatic carbocycles. The number of likely N-dealkylation sites (N-methyl/N-ethyl adjacent to an activating group) is 1. The van der Waals surface area contributed by atoms with Crippen LogP contribution in [-0.4, -0.2) is 50.6 Å². The lowest BCUT2D eigenvalue weighted by molar-refractivity contribution is -0.122. The fourth-order valence-electron chi connectivity index (χ4n) is 2.73. The minimum Gasteiger partial charge on any atom is -0.497 e. The van der Waals surface area contributed by atoms with Gasteiger partial charge in [-0.3, -0.25) is 4.79 Å². The summed E-state index contributed by atoms with van der Waals surface area (Å²) in [7, 11) is 5.53. The van der Waals surface area contributed by atoms with Gasteiger partial charge in [0.1, 0.15) is 11.8 Å². The molecule has 150 valence electrons. The first kappa shape index (κ1) is 21.2. The summed E-state index contributed by atoms with van der Waals surface area (Å²) in [5.74, 6) is 0.538. The van der Waals surface area contributed by atoms with Crippen molar-refractivity contribution in [2.24, 2.45) is 0 Å². The molecule has 0 fully saturated rings. The van der Waals surface area contributed by atoms with Crippen LogP contribution in [0.1, 0.15) is 18.5 Å². The van der Waals surface area contributed by atoms with Crippen molar-refractivity contribution >= 4 is 17.6 Å². The molecule has 0 radical (unpaired) electrons. The van der Waals surface area contributed by atoms with Crippen molar-refractivity contribution in [3.8, 4) is 5.75 Å². The zero-order valence-electron chi connectivity index (χ0n) is 16.7. The average Bonchev–Trinajstić information content (AvgIpc) is 2.68. The topological polar surface area (TPSA) is 82.7 Å². The van der Waals surface area contributed by atoms with Gasteiger partial charge in [-0.1, -0.05) is 30.3 Å². The number of nitrogens with one attached hydrogen (secondary N) is 3. The number of methoxy groups -OCH3 is 1. The van der Waals surface area contributed by atoms with Gasteiger partial charge in [0.05, 0.1) is 13.2 Å². The van der Waals surface area contributed by atoms with Gasteiger partial charge in [0.15, 0.2) is 0 Å². The summed E-state index contributed by atoms with van der Waals surface area (Å²) in [6, 6.07) is 15.7. The molecule has 3 amide bonds. The molecule has 0 saturated heterocycles. The summed E-state index contributed by atoms with van der Waals surface area (Å²) in [4.78, 5) is 26.5. The molecule has 2 rings (SSSR count). The number of carbonyl (C=O) groups excluding carboxylic acids is 2. The maximum atomic E-state index is 12.4. The second kappa shape index (κ2) is 10.3. The predicted molar refractivity (Wildman–Crippen MR) is 110 cm³/mol. The molecule has 0 aliphatic carbocycles. The summed E-state index contributed by atoms with van der Waals surface area (Å²) in [5.41, 5.74) is 1.73. The highest BCUT2D eigenvalue weighted by Gasteiger charge is 2.19. The van der Waals surface area contributed by atoms with Crippen LogP contribution in [0, 0.1) is 0 Å². The van der Waals surface area contributed by atoms with E-state index in [0.29, 0.717) is 12.2 Å². The monoisotopic (exact) mass is 384 g/mol. The molecular weight excluding hydrogens is 356 g/mol. The number of ether oxygens (including phenoxy) is 1. The third-order valence-electron chi connectivity index (χ3n) is 4.37. The average molecular weight is 384 g/mol. The predicted octanol–water partition coefficient (Wildman–Crippen LogP) is 2.62. The molecular formula is C21H28N4O3. The van der Waals surface area contributed by atoms with Gasteiger partial charge in [-0.05, 0) is 50.8 Å². The van der Waals surface area contributed by atoms with E-state index in [0.717, 1.165) is 11.3 Å². The quantitative estimate of drug-likeness (QED) is 0.653. The summed E-state index contributed by atoms with van der Waals surface area (Å²) in [6.45, 7) is 2.07. The second-order valence-electron chi connectivity index (χ2n) is 6.68. The molecule has 0 aliphatic heterocycles. The zero-order valence-corrected chi connectivity index (χ0v) is 16.7. The normalized spacial score (nSPS) is 12.8. The van der Waals surface area contributed by atoms with Gasteiger partial charge in [0, 0.05) is 12.2 Å². The molecule has 0 unspecified atom stereocenters. The van der Waals surface area contributed by atoms with E-state index in [9.17, 15) is 9.59 Å². The summed E-state index contributed by atoms with van der Waals surface area (Å²) in [5, 5.41) is 8.25. The minimum atomic E-state index is -0.664. The number of urea groups is 1. The van der Waals surface area contributed by atoms with E-state index in [-0.39, 0.29) is 11.9 Å². The Bertz CT molecular complexity index is 763. The number of amides is 3. The van der Waals surface area contributed by atoms with Crippen molar-refractivity contribution in [2.75, 3.05) is 33.1 Å². The lowest BCUT2D eigenvalue weighted by Crippen LogP contribution is -2.47. The molecule has 0 bridgehead atoms. The number of para-hydroxylation sites is 1. The molecule has 2 atom stereocenters. The van der Waals surface area contributed by atoms with Crippen LogP contribution in [0.25, 0.3) is 0 Å². The van der Waals surface area contributed by atoms with Gasteiger partial charge in [0.2, 0.25) is 5.91 Å². The van der Waals surface area contributed by atoms with Crippen molar-refractivity contribution < 1.29 is 14.3 Å². The van der Waals surface area contributed by atoms with Crippen LogP contribution in [0.5, 0.6) is 5.75 Å². The summed E-state index contributed by atoms with van der Waals surface area (Å²) in [6.07, 6.45) is 0. The first-order chi connectivity index (χ1) is 13.4. The highest BCUT2D eigenvalue weighted by molar-refractivity contribution is 5.93. The van der Waals surface area contributed by atoms with E-state index in [4.69, 9.17) is 4.74 Å². The Hall–Kier alpha value is -3.06. The van der Waals surface area contributed by atoms with Gasteiger partial charge < -0.3 is 25.6 Å². The van der Waals surface area contributed by atoms with E-state index < -0.39 is 12.1 Å². The number of benzene rings is 2. The number of rotatable bonds is 8. The van der Waals surface area contributed by atoms with Crippen LogP contribution < -0.4 is 20.7 Å². The number of hydrogen-bond donors (Lipinski definition) is 3. The van der Waals surface area contributed by atoms with Gasteiger partial charge in [-0.2, -0.15) is 0 Å². The molecule has 0 saturated carbocycles. The molecule has 0 heterocycles. The second-order valence-corrected chi connectivity index (χ2v) is 6.68. The standard InChI is InChI=1S/C21H28N4O3/c1-15(23-21(27)24-17-8-6-5-7-9-17)20(26)22-14-19(25(2)3)16-10-12-18(28-4)13-11-16/h5-13,15,19H,14H2,1-4H3,(H,22,26)(H2,23,24,27)/t15-,19-/m1/s1. The van der Waals surface area contributed by atoms with Crippen LogP contribution in [0.4, 0.5) is 10.5 Å². The largest absolute Gasteiger partial charge is 0.497 e. The maximum absolute atomic E-state index is 12.4. The van der Waals surface area contributed by atoms with Crippen molar-refractivity contribution in [3.63, 3.8) is 0 Å². The summed E-state index contributed by atoms with van der Waals surface area (Å²) < 4.78 is 5.19. The molecule has 7 heteroatoms. The first-order valence-electron chi connectivity index (χ1n) is 9.11. The molecule has 3 N–H and O–H groups in total. The van der Waals surface area contributed by atoms with Crippen molar-refractivity contribution in [3.05, 3.63) is 60.2 Å².